The summed E-state index contributed by atoms with van der Waals surface area (Å²) < 4.78 is 26.4. The van der Waals surface area contributed by atoms with Crippen LogP contribution < -0.4 is 5.73 Å². The Morgan fingerprint density at radius 2 is 1.79 bits per heavy atom. The second kappa shape index (κ2) is 5.27. The van der Waals surface area contributed by atoms with Crippen LogP contribution >= 0.6 is 11.8 Å². The number of nitrogens with two attached hydrogens (primary N) is 1. The Hall–Kier alpha value is -2.08. The van der Waals surface area contributed by atoms with E-state index in [0.717, 1.165) is 17.8 Å². The third kappa shape index (κ3) is 3.03. The van der Waals surface area contributed by atoms with Crippen LogP contribution in [0.15, 0.2) is 46.2 Å². The Morgan fingerprint density at radius 3 is 2.37 bits per heavy atom. The summed E-state index contributed by atoms with van der Waals surface area (Å²) in [5.74, 6) is -2.23. The molecule has 0 bridgehead atoms. The van der Waals surface area contributed by atoms with Crippen LogP contribution in [0.3, 0.4) is 0 Å². The fraction of sp³-hybridized carbons (Fsp3) is 0. The molecule has 2 aromatic rings. The average Bonchev–Trinajstić information content (AvgIpc) is 2.34. The second-order valence-corrected chi connectivity index (χ2v) is 4.85. The van der Waals surface area contributed by atoms with Gasteiger partial charge in [0, 0.05) is 15.5 Å². The molecule has 6 heteroatoms. The fourth-order valence-corrected chi connectivity index (χ4v) is 2.32. The maximum Gasteiger partial charge on any atom is 0.337 e. The molecule has 0 radical (unpaired) electrons. The average molecular weight is 281 g/mol. The lowest BCUT2D eigenvalue weighted by atomic mass is 10.2. The fourth-order valence-electron chi connectivity index (χ4n) is 1.46. The van der Waals surface area contributed by atoms with Gasteiger partial charge >= 0.3 is 5.97 Å². The van der Waals surface area contributed by atoms with E-state index in [1.807, 2.05) is 0 Å². The third-order valence-electron chi connectivity index (χ3n) is 2.38. The smallest absolute Gasteiger partial charge is 0.337 e. The molecule has 0 heterocycles. The van der Waals surface area contributed by atoms with E-state index in [0.29, 0.717) is 4.90 Å². The molecule has 98 valence electrons. The molecule has 0 aliphatic heterocycles. The van der Waals surface area contributed by atoms with Crippen molar-refractivity contribution in [1.82, 2.24) is 0 Å². The topological polar surface area (TPSA) is 63.3 Å². The van der Waals surface area contributed by atoms with Gasteiger partial charge in [-0.3, -0.25) is 0 Å². The number of carbonyl (C=O) groups is 1. The van der Waals surface area contributed by atoms with Crippen molar-refractivity contribution >= 4 is 23.4 Å². The molecule has 0 saturated heterocycles. The molecular weight excluding hydrogens is 272 g/mol. The summed E-state index contributed by atoms with van der Waals surface area (Å²) in [7, 11) is 0. The maximum absolute atomic E-state index is 13.7. The number of halogens is 2. The highest BCUT2D eigenvalue weighted by molar-refractivity contribution is 7.99. The van der Waals surface area contributed by atoms with Crippen LogP contribution in [0.25, 0.3) is 0 Å². The number of rotatable bonds is 3. The van der Waals surface area contributed by atoms with Gasteiger partial charge in [0.25, 0.3) is 0 Å². The van der Waals surface area contributed by atoms with Crippen molar-refractivity contribution in [2.75, 3.05) is 5.73 Å². The van der Waals surface area contributed by atoms with Crippen molar-refractivity contribution in [2.45, 2.75) is 9.79 Å². The largest absolute Gasteiger partial charge is 0.478 e. The van der Waals surface area contributed by atoms with Gasteiger partial charge in [-0.15, -0.1) is 0 Å². The molecule has 0 aliphatic rings. The summed E-state index contributed by atoms with van der Waals surface area (Å²) in [6.45, 7) is 0. The number of carboxylic acids is 1. The molecule has 0 fully saturated rings. The molecule has 0 unspecified atom stereocenters. The predicted octanol–water partition coefficient (Wildman–Crippen LogP) is 3.40. The molecule has 0 atom stereocenters. The molecule has 0 amide bonds. The van der Waals surface area contributed by atoms with Crippen LogP contribution in [-0.4, -0.2) is 11.1 Å². The SMILES string of the molecule is Nc1cc(F)c(Sc2ccc(F)cc2)cc1C(=O)O. The van der Waals surface area contributed by atoms with Crippen molar-refractivity contribution in [3.05, 3.63) is 53.6 Å². The van der Waals surface area contributed by atoms with Gasteiger partial charge in [-0.2, -0.15) is 0 Å². The predicted molar refractivity (Wildman–Crippen MR) is 68.3 cm³/mol. The summed E-state index contributed by atoms with van der Waals surface area (Å²) in [6.07, 6.45) is 0. The van der Waals surface area contributed by atoms with E-state index in [2.05, 4.69) is 0 Å². The number of anilines is 1. The summed E-state index contributed by atoms with van der Waals surface area (Å²) in [4.78, 5) is 11.6. The lowest BCUT2D eigenvalue weighted by Gasteiger charge is -2.07. The van der Waals surface area contributed by atoms with Gasteiger partial charge in [-0.25, -0.2) is 13.6 Å². The zero-order valence-corrected chi connectivity index (χ0v) is 10.4. The molecule has 2 aromatic carbocycles. The van der Waals surface area contributed by atoms with Crippen LogP contribution in [0, 0.1) is 11.6 Å². The Bertz CT molecular complexity index is 629. The minimum Gasteiger partial charge on any atom is -0.478 e. The Morgan fingerprint density at radius 1 is 1.16 bits per heavy atom. The molecule has 0 aliphatic carbocycles. The molecule has 2 rings (SSSR count). The number of nitrogen functional groups attached to an aromatic ring is 1. The molecule has 19 heavy (non-hydrogen) atoms. The van der Waals surface area contributed by atoms with Gasteiger partial charge < -0.3 is 10.8 Å². The van der Waals surface area contributed by atoms with Crippen molar-refractivity contribution in [3.63, 3.8) is 0 Å². The van der Waals surface area contributed by atoms with Gasteiger partial charge in [-0.05, 0) is 36.4 Å². The zero-order chi connectivity index (χ0) is 14.0. The molecule has 0 aromatic heterocycles. The summed E-state index contributed by atoms with van der Waals surface area (Å²) in [5.41, 5.74) is 5.13. The molecule has 3 N–H and O–H groups in total. The minimum absolute atomic E-state index is 0.123. The van der Waals surface area contributed by atoms with Gasteiger partial charge in [0.15, 0.2) is 0 Å². The zero-order valence-electron chi connectivity index (χ0n) is 9.56. The molecule has 0 spiro atoms. The van der Waals surface area contributed by atoms with Gasteiger partial charge in [0.05, 0.1) is 5.56 Å². The highest BCUT2D eigenvalue weighted by atomic mass is 32.2. The first-order chi connectivity index (χ1) is 8.97. The van der Waals surface area contributed by atoms with Gasteiger partial charge in [0.2, 0.25) is 0 Å². The quantitative estimate of drug-likeness (QED) is 0.846. The van der Waals surface area contributed by atoms with Crippen LogP contribution in [0.4, 0.5) is 14.5 Å². The molecule has 3 nitrogen and oxygen atoms in total. The summed E-state index contributed by atoms with van der Waals surface area (Å²) in [6, 6.07) is 7.59. The van der Waals surface area contributed by atoms with E-state index in [4.69, 9.17) is 10.8 Å². The van der Waals surface area contributed by atoms with E-state index in [-0.39, 0.29) is 16.1 Å². The van der Waals surface area contributed by atoms with E-state index in [1.54, 1.807) is 0 Å². The molecular formula is C13H9F2NO2S. The Kier molecular flexibility index (Phi) is 3.71. The van der Waals surface area contributed by atoms with Crippen LogP contribution in [0.2, 0.25) is 0 Å². The number of benzene rings is 2. The third-order valence-corrected chi connectivity index (χ3v) is 3.42. The first kappa shape index (κ1) is 13.4. The highest BCUT2D eigenvalue weighted by Gasteiger charge is 2.14. The number of carboxylic acid groups (broad SMARTS) is 1. The van der Waals surface area contributed by atoms with E-state index in [1.165, 1.54) is 30.3 Å². The van der Waals surface area contributed by atoms with E-state index >= 15 is 0 Å². The maximum atomic E-state index is 13.7. The minimum atomic E-state index is -1.22. The van der Waals surface area contributed by atoms with Crippen LogP contribution in [-0.2, 0) is 0 Å². The van der Waals surface area contributed by atoms with E-state index in [9.17, 15) is 13.6 Å². The summed E-state index contributed by atoms with van der Waals surface area (Å²) in [5, 5.41) is 8.92. The van der Waals surface area contributed by atoms with Crippen molar-refractivity contribution in [3.8, 4) is 0 Å². The second-order valence-electron chi connectivity index (χ2n) is 3.73. The van der Waals surface area contributed by atoms with Crippen LogP contribution in [0.5, 0.6) is 0 Å². The standard InChI is InChI=1S/C13H9F2NO2S/c14-7-1-3-8(4-2-7)19-12-5-9(13(17)18)11(16)6-10(12)15/h1-6H,16H2,(H,17,18). The number of hydrogen-bond donors (Lipinski definition) is 2. The van der Waals surface area contributed by atoms with Gasteiger partial charge in [0.1, 0.15) is 11.6 Å². The van der Waals surface area contributed by atoms with Gasteiger partial charge in [-0.1, -0.05) is 11.8 Å². The number of hydrogen-bond acceptors (Lipinski definition) is 3. The lowest BCUT2D eigenvalue weighted by molar-refractivity contribution is 0.0697. The Labute approximate surface area is 112 Å². The van der Waals surface area contributed by atoms with Crippen molar-refractivity contribution in [1.29, 1.82) is 0 Å². The first-order valence-electron chi connectivity index (χ1n) is 5.23. The highest BCUT2D eigenvalue weighted by Crippen LogP contribution is 2.32. The van der Waals surface area contributed by atoms with Crippen molar-refractivity contribution < 1.29 is 18.7 Å². The first-order valence-corrected chi connectivity index (χ1v) is 6.05. The molecule has 0 saturated carbocycles. The number of aromatic carboxylic acids is 1. The van der Waals surface area contributed by atoms with Crippen molar-refractivity contribution in [2.24, 2.45) is 0 Å². The summed E-state index contributed by atoms with van der Waals surface area (Å²) >= 11 is 1.00. The monoisotopic (exact) mass is 281 g/mol. The lowest BCUT2D eigenvalue weighted by Crippen LogP contribution is -2.03. The van der Waals surface area contributed by atoms with E-state index < -0.39 is 17.6 Å². The Balaban J connectivity index is 2.37. The normalized spacial score (nSPS) is 10.4. The van der Waals surface area contributed by atoms with Crippen LogP contribution in [0.1, 0.15) is 10.4 Å².